The second-order valence-corrected chi connectivity index (χ2v) is 4.37. The second kappa shape index (κ2) is 5.89. The van der Waals surface area contributed by atoms with Gasteiger partial charge in [-0.15, -0.1) is 12.4 Å². The van der Waals surface area contributed by atoms with E-state index in [1.54, 1.807) is 12.1 Å². The van der Waals surface area contributed by atoms with E-state index in [1.165, 1.54) is 12.1 Å². The normalized spacial score (nSPS) is 23.8. The lowest BCUT2D eigenvalue weighted by molar-refractivity contribution is -0.139. The predicted octanol–water partition coefficient (Wildman–Crippen LogP) is 3.99. The van der Waals surface area contributed by atoms with E-state index in [-0.39, 0.29) is 24.3 Å². The molecule has 0 saturated carbocycles. The zero-order chi connectivity index (χ0) is 12.5. The van der Waals surface area contributed by atoms with Crippen LogP contribution in [-0.2, 0) is 0 Å². The molecule has 1 fully saturated rings. The number of halogens is 5. The van der Waals surface area contributed by atoms with Crippen LogP contribution in [0.3, 0.4) is 0 Å². The van der Waals surface area contributed by atoms with Crippen molar-refractivity contribution in [1.82, 2.24) is 5.32 Å². The lowest BCUT2D eigenvalue weighted by Gasteiger charge is -2.16. The average Bonchev–Trinajstić information content (AvgIpc) is 2.63. The van der Waals surface area contributed by atoms with Gasteiger partial charge in [0.15, 0.2) is 0 Å². The summed E-state index contributed by atoms with van der Waals surface area (Å²) in [4.78, 5) is 0. The number of rotatable bonds is 2. The lowest BCUT2D eigenvalue weighted by atomic mass is 10.1. The molecule has 0 radical (unpaired) electrons. The van der Waals surface area contributed by atoms with E-state index in [9.17, 15) is 17.6 Å². The van der Waals surface area contributed by atoms with Gasteiger partial charge in [-0.1, -0.05) is 12.1 Å². The summed E-state index contributed by atoms with van der Waals surface area (Å²) in [7, 11) is 0. The van der Waals surface area contributed by atoms with Crippen molar-refractivity contribution < 1.29 is 17.6 Å². The first kappa shape index (κ1) is 15.2. The molecule has 1 heterocycles. The van der Waals surface area contributed by atoms with Gasteiger partial charge in [-0.25, -0.2) is 4.39 Å². The number of nitrogens with one attached hydrogen (secondary N) is 1. The minimum absolute atomic E-state index is 0. The molecule has 0 unspecified atom stereocenters. The minimum Gasteiger partial charge on any atom is -0.307 e. The molecule has 2 atom stereocenters. The van der Waals surface area contributed by atoms with Crippen LogP contribution in [0.2, 0.25) is 0 Å². The van der Waals surface area contributed by atoms with Crippen molar-refractivity contribution in [3.05, 3.63) is 35.6 Å². The van der Waals surface area contributed by atoms with E-state index in [0.717, 1.165) is 5.56 Å². The molecule has 1 saturated heterocycles. The maximum atomic E-state index is 13.0. The Morgan fingerprint density at radius 1 is 1.22 bits per heavy atom. The van der Waals surface area contributed by atoms with Crippen LogP contribution < -0.4 is 5.32 Å². The predicted molar refractivity (Wildman–Crippen MR) is 63.2 cm³/mol. The monoisotopic (exact) mass is 283 g/mol. The Hall–Kier alpha value is -0.810. The van der Waals surface area contributed by atoms with Crippen LogP contribution in [-0.4, -0.2) is 12.2 Å². The van der Waals surface area contributed by atoms with Crippen molar-refractivity contribution in [1.29, 1.82) is 0 Å². The summed E-state index contributed by atoms with van der Waals surface area (Å²) in [5, 5.41) is 2.90. The Morgan fingerprint density at radius 3 is 2.56 bits per heavy atom. The van der Waals surface area contributed by atoms with Crippen LogP contribution in [0.15, 0.2) is 24.3 Å². The molecule has 1 aromatic rings. The molecule has 0 spiro atoms. The van der Waals surface area contributed by atoms with Gasteiger partial charge in [0.2, 0.25) is 0 Å². The van der Waals surface area contributed by atoms with Gasteiger partial charge in [0.05, 0.1) is 6.42 Å². The summed E-state index contributed by atoms with van der Waals surface area (Å²) in [5.74, 6) is -0.358. The van der Waals surface area contributed by atoms with Gasteiger partial charge in [-0.05, 0) is 30.5 Å². The van der Waals surface area contributed by atoms with Crippen LogP contribution in [0.1, 0.15) is 30.9 Å². The van der Waals surface area contributed by atoms with Crippen LogP contribution in [0.25, 0.3) is 0 Å². The maximum absolute atomic E-state index is 13.0. The molecule has 2 rings (SSSR count). The summed E-state index contributed by atoms with van der Waals surface area (Å²) in [6.07, 6.45) is -3.88. The molecule has 0 aliphatic carbocycles. The van der Waals surface area contributed by atoms with Crippen molar-refractivity contribution in [2.24, 2.45) is 0 Å². The van der Waals surface area contributed by atoms with Gasteiger partial charge in [0.25, 0.3) is 0 Å². The fraction of sp³-hybridized carbons (Fsp3) is 0.500. The molecular weight excluding hydrogens is 270 g/mol. The van der Waals surface area contributed by atoms with Gasteiger partial charge in [0.1, 0.15) is 5.82 Å². The Bertz CT molecular complexity index is 394. The van der Waals surface area contributed by atoms with E-state index in [0.29, 0.717) is 12.8 Å². The quantitative estimate of drug-likeness (QED) is 0.809. The zero-order valence-corrected chi connectivity index (χ0v) is 10.3. The topological polar surface area (TPSA) is 12.0 Å². The molecule has 0 amide bonds. The first-order chi connectivity index (χ1) is 7.94. The first-order valence-electron chi connectivity index (χ1n) is 5.52. The fourth-order valence-corrected chi connectivity index (χ4v) is 2.25. The van der Waals surface area contributed by atoms with E-state index in [4.69, 9.17) is 0 Å². The second-order valence-electron chi connectivity index (χ2n) is 4.37. The fourth-order valence-electron chi connectivity index (χ4n) is 2.25. The summed E-state index contributed by atoms with van der Waals surface area (Å²) in [6, 6.07) is 5.28. The summed E-state index contributed by atoms with van der Waals surface area (Å²) in [6.45, 7) is 0. The molecule has 1 nitrogen and oxygen atoms in total. The Labute approximate surface area is 109 Å². The highest BCUT2D eigenvalue weighted by Gasteiger charge is 2.35. The van der Waals surface area contributed by atoms with E-state index in [2.05, 4.69) is 5.32 Å². The smallest absolute Gasteiger partial charge is 0.307 e. The standard InChI is InChI=1S/C12H13F4N.ClH/c13-9-3-1-2-8(6-9)11-5-4-10(17-11)7-12(14,15)16;/h1-3,6,10-11,17H,4-5,7H2;1H/t10-,11+;/m1./s1. The summed E-state index contributed by atoms with van der Waals surface area (Å²) >= 11 is 0. The van der Waals surface area contributed by atoms with Crippen molar-refractivity contribution in [3.63, 3.8) is 0 Å². The van der Waals surface area contributed by atoms with Gasteiger partial charge in [0, 0.05) is 12.1 Å². The summed E-state index contributed by atoms with van der Waals surface area (Å²) in [5.41, 5.74) is 0.717. The van der Waals surface area contributed by atoms with Gasteiger partial charge < -0.3 is 5.32 Å². The van der Waals surface area contributed by atoms with Gasteiger partial charge >= 0.3 is 6.18 Å². The van der Waals surface area contributed by atoms with Crippen LogP contribution in [0.4, 0.5) is 17.6 Å². The van der Waals surface area contributed by atoms with E-state index >= 15 is 0 Å². The molecule has 6 heteroatoms. The molecule has 1 aliphatic rings. The third-order valence-electron chi connectivity index (χ3n) is 2.97. The third kappa shape index (κ3) is 4.14. The molecule has 1 aromatic carbocycles. The molecule has 102 valence electrons. The lowest BCUT2D eigenvalue weighted by Crippen LogP contribution is -2.29. The highest BCUT2D eigenvalue weighted by Crippen LogP contribution is 2.32. The number of alkyl halides is 3. The SMILES string of the molecule is Cl.Fc1cccc([C@@H]2CC[C@H](CC(F)(F)F)N2)c1. The number of hydrogen-bond donors (Lipinski definition) is 1. The van der Waals surface area contributed by atoms with Crippen LogP contribution >= 0.6 is 12.4 Å². The zero-order valence-electron chi connectivity index (χ0n) is 9.51. The van der Waals surface area contributed by atoms with Crippen LogP contribution in [0.5, 0.6) is 0 Å². The average molecular weight is 284 g/mol. The highest BCUT2D eigenvalue weighted by atomic mass is 35.5. The van der Waals surface area contributed by atoms with E-state index in [1.807, 2.05) is 0 Å². The van der Waals surface area contributed by atoms with Gasteiger partial charge in [-0.2, -0.15) is 13.2 Å². The molecular formula is C12H14ClF4N. The molecule has 1 N–H and O–H groups in total. The third-order valence-corrected chi connectivity index (χ3v) is 2.97. The number of benzene rings is 1. The van der Waals surface area contributed by atoms with Crippen molar-refractivity contribution in [2.75, 3.05) is 0 Å². The van der Waals surface area contributed by atoms with Crippen molar-refractivity contribution in [2.45, 2.75) is 37.5 Å². The molecule has 1 aliphatic heterocycles. The number of hydrogen-bond acceptors (Lipinski definition) is 1. The molecule has 0 bridgehead atoms. The Kier molecular flexibility index (Phi) is 4.99. The maximum Gasteiger partial charge on any atom is 0.390 e. The first-order valence-corrected chi connectivity index (χ1v) is 5.52. The summed E-state index contributed by atoms with van der Waals surface area (Å²) < 4.78 is 49.6. The van der Waals surface area contributed by atoms with Crippen molar-refractivity contribution in [3.8, 4) is 0 Å². The van der Waals surface area contributed by atoms with Crippen LogP contribution in [0, 0.1) is 5.82 Å². The minimum atomic E-state index is -4.14. The Morgan fingerprint density at radius 2 is 1.94 bits per heavy atom. The molecule has 0 aromatic heterocycles. The largest absolute Gasteiger partial charge is 0.390 e. The van der Waals surface area contributed by atoms with Crippen molar-refractivity contribution >= 4 is 12.4 Å². The highest BCUT2D eigenvalue weighted by molar-refractivity contribution is 5.85. The molecule has 18 heavy (non-hydrogen) atoms. The Balaban J connectivity index is 0.00000162. The van der Waals surface area contributed by atoms with E-state index < -0.39 is 18.6 Å². The van der Waals surface area contributed by atoms with Gasteiger partial charge in [-0.3, -0.25) is 0 Å².